The van der Waals surface area contributed by atoms with Gasteiger partial charge in [0.1, 0.15) is 4.88 Å². The van der Waals surface area contributed by atoms with Crippen LogP contribution in [0.25, 0.3) is 0 Å². The van der Waals surface area contributed by atoms with Crippen molar-refractivity contribution >= 4 is 40.0 Å². The molecule has 1 aliphatic rings. The minimum atomic E-state index is -1.30. The topological polar surface area (TPSA) is 125 Å². The summed E-state index contributed by atoms with van der Waals surface area (Å²) in [5, 5.41) is 19.4. The number of halogens is 2. The summed E-state index contributed by atoms with van der Waals surface area (Å²) < 4.78 is 27.5. The third-order valence-corrected chi connectivity index (χ3v) is 6.08. The average Bonchev–Trinajstić information content (AvgIpc) is 3.17. The summed E-state index contributed by atoms with van der Waals surface area (Å²) >= 11 is 2.45. The second-order valence-electron chi connectivity index (χ2n) is 7.27. The molecular weight excluding hydrogens is 434 g/mol. The molecule has 3 rings (SSSR count). The van der Waals surface area contributed by atoms with E-state index < -0.39 is 28.9 Å². The Morgan fingerprint density at radius 1 is 1.43 bits per heavy atom. The summed E-state index contributed by atoms with van der Waals surface area (Å²) in [7, 11) is 0. The maximum Gasteiger partial charge on any atom is 0.231 e. The number of nitrogens with zero attached hydrogens (tertiary/aromatic N) is 2. The van der Waals surface area contributed by atoms with Crippen LogP contribution in [0.5, 0.6) is 0 Å². The Hall–Kier alpha value is -2.12. The Balaban J connectivity index is 1.95. The molecule has 30 heavy (non-hydrogen) atoms. The number of aliphatic hydroxyl groups excluding tert-OH is 1. The smallest absolute Gasteiger partial charge is 0.231 e. The van der Waals surface area contributed by atoms with Crippen molar-refractivity contribution in [3.63, 3.8) is 0 Å². The molecule has 12 heteroatoms. The number of anilines is 1. The van der Waals surface area contributed by atoms with Crippen molar-refractivity contribution in [2.45, 2.75) is 30.9 Å². The highest BCUT2D eigenvalue weighted by Gasteiger charge is 2.43. The van der Waals surface area contributed by atoms with E-state index in [2.05, 4.69) is 25.9 Å². The fourth-order valence-electron chi connectivity index (χ4n) is 2.79. The lowest BCUT2D eigenvalue weighted by Gasteiger charge is -2.40. The van der Waals surface area contributed by atoms with Crippen LogP contribution in [-0.4, -0.2) is 39.9 Å². The number of amides is 1. The zero-order valence-corrected chi connectivity index (χ0v) is 18.0. The number of hydrogen-bond acceptors (Lipinski definition) is 9. The fraction of sp³-hybridized carbons (Fsp3) is 0.389. The highest BCUT2D eigenvalue weighted by atomic mass is 32.2. The van der Waals surface area contributed by atoms with Crippen LogP contribution in [0.2, 0.25) is 0 Å². The van der Waals surface area contributed by atoms with Gasteiger partial charge in [-0.25, -0.2) is 18.8 Å². The molecule has 1 amide bonds. The number of carbonyl (C=O) groups is 1. The number of rotatable bonds is 8. The second kappa shape index (κ2) is 8.94. The van der Waals surface area contributed by atoms with E-state index in [1.165, 1.54) is 23.5 Å². The second-order valence-corrected chi connectivity index (χ2v) is 9.09. The lowest BCUT2D eigenvalue weighted by Crippen LogP contribution is -2.63. The van der Waals surface area contributed by atoms with E-state index in [-0.39, 0.29) is 24.5 Å². The quantitative estimate of drug-likeness (QED) is 0.383. The van der Waals surface area contributed by atoms with E-state index in [1.807, 2.05) is 0 Å². The van der Waals surface area contributed by atoms with Gasteiger partial charge in [0.2, 0.25) is 11.7 Å². The number of primary amides is 1. The minimum Gasteiger partial charge on any atom is -0.394 e. The number of aromatic nitrogens is 1. The first-order chi connectivity index (χ1) is 14.2. The molecule has 2 heterocycles. The van der Waals surface area contributed by atoms with Gasteiger partial charge in [-0.2, -0.15) is 0 Å². The molecule has 0 spiro atoms. The van der Waals surface area contributed by atoms with Gasteiger partial charge in [-0.1, -0.05) is 23.9 Å². The third-order valence-electron chi connectivity index (χ3n) is 4.22. The number of benzene rings is 1. The van der Waals surface area contributed by atoms with Crippen molar-refractivity contribution < 1.29 is 18.7 Å². The van der Waals surface area contributed by atoms with Crippen LogP contribution in [0.1, 0.15) is 24.3 Å². The zero-order valence-electron chi connectivity index (χ0n) is 16.3. The van der Waals surface area contributed by atoms with Crippen molar-refractivity contribution in [3.05, 3.63) is 45.8 Å². The molecule has 2 aromatic rings. The first kappa shape index (κ1) is 22.6. The van der Waals surface area contributed by atoms with Crippen LogP contribution in [0.15, 0.2) is 28.7 Å². The van der Waals surface area contributed by atoms with Gasteiger partial charge in [0, 0.05) is 16.9 Å². The number of aliphatic hydroxyl groups is 1. The summed E-state index contributed by atoms with van der Waals surface area (Å²) in [5.41, 5.74) is 6.34. The molecule has 1 aliphatic heterocycles. The Labute approximate surface area is 180 Å². The van der Waals surface area contributed by atoms with Crippen LogP contribution in [0, 0.1) is 11.6 Å². The van der Waals surface area contributed by atoms with Crippen molar-refractivity contribution in [1.82, 2.24) is 15.6 Å². The van der Waals surface area contributed by atoms with Crippen LogP contribution >= 0.6 is 23.1 Å². The molecule has 1 aromatic heterocycles. The standard InChI is InChI=1S/C18H22F2N6O2S2/c1-17(2,8-27)26-18(23-6-12(21)28)14-15(22-9-30-14)24-16(25-18)29-7-10-4-3-5-11(19)13(10)20/h3-5,9,23,26-27H,6-8H2,1-2H3,(H2,21,28)(H,24,25). The summed E-state index contributed by atoms with van der Waals surface area (Å²) in [6.07, 6.45) is 0. The number of thioether (sulfide) groups is 1. The predicted molar refractivity (Wildman–Crippen MR) is 114 cm³/mol. The molecule has 1 aromatic carbocycles. The molecule has 1 unspecified atom stereocenters. The molecule has 162 valence electrons. The van der Waals surface area contributed by atoms with Crippen LogP contribution in [0.4, 0.5) is 14.6 Å². The normalized spacial score (nSPS) is 18.5. The lowest BCUT2D eigenvalue weighted by molar-refractivity contribution is -0.117. The van der Waals surface area contributed by atoms with E-state index in [0.29, 0.717) is 15.9 Å². The van der Waals surface area contributed by atoms with Crippen molar-refractivity contribution in [2.24, 2.45) is 10.7 Å². The Morgan fingerprint density at radius 2 is 2.20 bits per heavy atom. The van der Waals surface area contributed by atoms with E-state index in [4.69, 9.17) is 5.73 Å². The van der Waals surface area contributed by atoms with E-state index in [0.717, 1.165) is 17.8 Å². The largest absolute Gasteiger partial charge is 0.394 e. The maximum absolute atomic E-state index is 14.0. The maximum atomic E-state index is 14.0. The number of amidine groups is 1. The number of nitrogens with one attached hydrogen (secondary N) is 3. The molecule has 0 saturated heterocycles. The van der Waals surface area contributed by atoms with Crippen LogP contribution in [0.3, 0.4) is 0 Å². The third kappa shape index (κ3) is 4.95. The molecule has 0 aliphatic carbocycles. The summed E-state index contributed by atoms with van der Waals surface area (Å²) in [5.74, 6) is -3.11. The molecular formula is C18H22F2N6O2S2. The Morgan fingerprint density at radius 3 is 2.90 bits per heavy atom. The molecule has 6 N–H and O–H groups in total. The van der Waals surface area contributed by atoms with Crippen molar-refractivity contribution in [1.29, 1.82) is 0 Å². The lowest BCUT2D eigenvalue weighted by atomic mass is 10.0. The van der Waals surface area contributed by atoms with Gasteiger partial charge in [-0.05, 0) is 19.9 Å². The van der Waals surface area contributed by atoms with Gasteiger partial charge >= 0.3 is 0 Å². The van der Waals surface area contributed by atoms with Crippen LogP contribution < -0.4 is 21.7 Å². The van der Waals surface area contributed by atoms with Gasteiger partial charge < -0.3 is 16.2 Å². The number of carbonyl (C=O) groups excluding carboxylic acids is 1. The van der Waals surface area contributed by atoms with E-state index >= 15 is 0 Å². The molecule has 8 nitrogen and oxygen atoms in total. The number of nitrogens with two attached hydrogens (primary N) is 1. The number of hydrogen-bond donors (Lipinski definition) is 5. The zero-order chi connectivity index (χ0) is 21.9. The van der Waals surface area contributed by atoms with Crippen LogP contribution in [-0.2, 0) is 16.3 Å². The minimum absolute atomic E-state index is 0.115. The Bertz CT molecular complexity index is 968. The van der Waals surface area contributed by atoms with Gasteiger partial charge in [-0.15, -0.1) is 11.3 Å². The SMILES string of the molecule is CC(C)(CO)NC1(NCC(N)=O)N=C(SCc2cccc(F)c2F)Nc2ncsc21. The molecule has 0 fully saturated rings. The molecule has 0 saturated carbocycles. The Kier molecular flexibility index (Phi) is 6.72. The van der Waals surface area contributed by atoms with E-state index in [9.17, 15) is 18.7 Å². The first-order valence-corrected chi connectivity index (χ1v) is 10.8. The number of aliphatic imine (C=N–C) groups is 1. The molecule has 1 atom stereocenters. The van der Waals surface area contributed by atoms with Gasteiger partial charge in [0.15, 0.2) is 22.6 Å². The highest BCUT2D eigenvalue weighted by molar-refractivity contribution is 8.13. The first-order valence-electron chi connectivity index (χ1n) is 8.96. The van der Waals surface area contributed by atoms with Gasteiger partial charge in [0.25, 0.3) is 0 Å². The van der Waals surface area contributed by atoms with Gasteiger partial charge in [0.05, 0.1) is 18.7 Å². The van der Waals surface area contributed by atoms with E-state index in [1.54, 1.807) is 19.4 Å². The summed E-state index contributed by atoms with van der Waals surface area (Å²) in [6.45, 7) is 3.15. The predicted octanol–water partition coefficient (Wildman–Crippen LogP) is 1.68. The molecule has 0 bridgehead atoms. The number of fused-ring (bicyclic) bond motifs is 1. The van der Waals surface area contributed by atoms with Crippen molar-refractivity contribution in [2.75, 3.05) is 18.5 Å². The van der Waals surface area contributed by atoms with Crippen molar-refractivity contribution in [3.8, 4) is 0 Å². The number of thiazole rings is 1. The summed E-state index contributed by atoms with van der Waals surface area (Å²) in [4.78, 5) is 21.1. The fourth-order valence-corrected chi connectivity index (χ4v) is 4.50. The molecule has 0 radical (unpaired) electrons. The van der Waals surface area contributed by atoms with Gasteiger partial charge in [-0.3, -0.25) is 15.4 Å². The summed E-state index contributed by atoms with van der Waals surface area (Å²) in [6, 6.07) is 3.99. The monoisotopic (exact) mass is 456 g/mol. The average molecular weight is 457 g/mol. The highest BCUT2D eigenvalue weighted by Crippen LogP contribution is 2.37.